The summed E-state index contributed by atoms with van der Waals surface area (Å²) >= 11 is 5.83. The molecule has 2 rings (SSSR count). The molecule has 2 aromatic carbocycles. The molecule has 0 N–H and O–H groups in total. The second-order valence-corrected chi connectivity index (χ2v) is 6.33. The number of halogens is 1. The molecule has 18 heavy (non-hydrogen) atoms. The summed E-state index contributed by atoms with van der Waals surface area (Å²) in [5.41, 5.74) is 3.33. The molecule has 0 saturated heterocycles. The maximum absolute atomic E-state index is 12.3. The maximum Gasteiger partial charge on any atom is 0.0574 e. The van der Waals surface area contributed by atoms with Gasteiger partial charge in [-0.1, -0.05) is 29.8 Å². The molecule has 0 amide bonds. The van der Waals surface area contributed by atoms with Crippen molar-refractivity contribution in [2.75, 3.05) is 0 Å². The molecule has 0 bridgehead atoms. The molecule has 1 nitrogen and oxygen atoms in total. The van der Waals surface area contributed by atoms with Crippen molar-refractivity contribution >= 4 is 22.4 Å². The number of hydrogen-bond donors (Lipinski definition) is 0. The highest BCUT2D eigenvalue weighted by atomic mass is 35.5. The quantitative estimate of drug-likeness (QED) is 0.820. The Balaban J connectivity index is 2.19. The molecular formula is C15H15ClOS. The van der Waals surface area contributed by atoms with Crippen LogP contribution in [0.15, 0.2) is 47.4 Å². The van der Waals surface area contributed by atoms with Gasteiger partial charge in [0.25, 0.3) is 0 Å². The Bertz CT molecular complexity index is 555. The van der Waals surface area contributed by atoms with Gasteiger partial charge in [-0.25, -0.2) is 0 Å². The van der Waals surface area contributed by atoms with E-state index in [9.17, 15) is 4.21 Å². The Morgan fingerprint density at radius 1 is 1.00 bits per heavy atom. The van der Waals surface area contributed by atoms with E-state index < -0.39 is 10.8 Å². The predicted octanol–water partition coefficient (Wildman–Crippen LogP) is 4.26. The molecule has 0 aliphatic rings. The fourth-order valence-corrected chi connectivity index (χ4v) is 3.30. The van der Waals surface area contributed by atoms with E-state index in [4.69, 9.17) is 11.6 Å². The van der Waals surface area contributed by atoms with Crippen LogP contribution in [0.3, 0.4) is 0 Å². The normalized spacial score (nSPS) is 12.4. The first-order valence-electron chi connectivity index (χ1n) is 5.76. The van der Waals surface area contributed by atoms with E-state index in [1.807, 2.05) is 50.2 Å². The fourth-order valence-electron chi connectivity index (χ4n) is 1.88. The van der Waals surface area contributed by atoms with Crippen LogP contribution in [0.5, 0.6) is 0 Å². The van der Waals surface area contributed by atoms with Crippen LogP contribution < -0.4 is 0 Å². The molecule has 0 spiro atoms. The average Bonchev–Trinajstić information content (AvgIpc) is 2.31. The van der Waals surface area contributed by atoms with E-state index in [2.05, 4.69) is 6.07 Å². The summed E-state index contributed by atoms with van der Waals surface area (Å²) in [5, 5.41) is 0.705. The van der Waals surface area contributed by atoms with Gasteiger partial charge < -0.3 is 0 Å². The van der Waals surface area contributed by atoms with Gasteiger partial charge in [-0.15, -0.1) is 0 Å². The summed E-state index contributed by atoms with van der Waals surface area (Å²) < 4.78 is 12.3. The fraction of sp³-hybridized carbons (Fsp3) is 0.200. The summed E-state index contributed by atoms with van der Waals surface area (Å²) in [6.07, 6.45) is 0. The smallest absolute Gasteiger partial charge is 0.0574 e. The van der Waals surface area contributed by atoms with Crippen molar-refractivity contribution in [3.63, 3.8) is 0 Å². The van der Waals surface area contributed by atoms with Crippen molar-refractivity contribution in [1.82, 2.24) is 0 Å². The monoisotopic (exact) mass is 278 g/mol. The minimum absolute atomic E-state index is 0.528. The lowest BCUT2D eigenvalue weighted by Crippen LogP contribution is -1.97. The summed E-state index contributed by atoms with van der Waals surface area (Å²) in [5.74, 6) is 0.528. The molecule has 0 aliphatic heterocycles. The standard InChI is InChI=1S/C15H15ClOS/c1-11-7-12(2)9-15(8-11)18(17)10-13-3-5-14(16)6-4-13/h3-9H,10H2,1-2H3/t18-/m1/s1. The molecule has 0 radical (unpaired) electrons. The molecule has 1 atom stereocenters. The van der Waals surface area contributed by atoms with Crippen LogP contribution in [0, 0.1) is 13.8 Å². The summed E-state index contributed by atoms with van der Waals surface area (Å²) in [4.78, 5) is 0.891. The van der Waals surface area contributed by atoms with Crippen LogP contribution in [0.1, 0.15) is 16.7 Å². The second-order valence-electron chi connectivity index (χ2n) is 4.44. The van der Waals surface area contributed by atoms with Crippen LogP contribution in [-0.2, 0) is 16.6 Å². The molecule has 0 unspecified atom stereocenters. The first-order chi connectivity index (χ1) is 8.54. The topological polar surface area (TPSA) is 17.1 Å². The molecule has 0 saturated carbocycles. The molecule has 2 aromatic rings. The van der Waals surface area contributed by atoms with Crippen molar-refractivity contribution in [3.8, 4) is 0 Å². The molecule has 0 fully saturated rings. The van der Waals surface area contributed by atoms with Crippen LogP contribution >= 0.6 is 11.6 Å². The highest BCUT2D eigenvalue weighted by Crippen LogP contribution is 2.17. The predicted molar refractivity (Wildman–Crippen MR) is 77.5 cm³/mol. The Morgan fingerprint density at radius 3 is 2.11 bits per heavy atom. The number of aryl methyl sites for hydroxylation is 2. The largest absolute Gasteiger partial charge is 0.254 e. The van der Waals surface area contributed by atoms with Crippen molar-refractivity contribution in [3.05, 3.63) is 64.2 Å². The SMILES string of the molecule is Cc1cc(C)cc([S@](=O)Cc2ccc(Cl)cc2)c1. The van der Waals surface area contributed by atoms with Gasteiger partial charge in [0.1, 0.15) is 0 Å². The Kier molecular flexibility index (Phi) is 4.20. The van der Waals surface area contributed by atoms with Crippen LogP contribution in [-0.4, -0.2) is 4.21 Å². The van der Waals surface area contributed by atoms with Crippen LogP contribution in [0.2, 0.25) is 5.02 Å². The van der Waals surface area contributed by atoms with Gasteiger partial charge in [-0.2, -0.15) is 0 Å². The Labute approximate surface area is 115 Å². The minimum atomic E-state index is -1.00. The third-order valence-electron chi connectivity index (χ3n) is 2.67. The van der Waals surface area contributed by atoms with Gasteiger partial charge in [-0.05, 0) is 54.8 Å². The first-order valence-corrected chi connectivity index (χ1v) is 7.45. The van der Waals surface area contributed by atoms with Crippen molar-refractivity contribution in [2.45, 2.75) is 24.5 Å². The van der Waals surface area contributed by atoms with Crippen molar-refractivity contribution in [1.29, 1.82) is 0 Å². The molecule has 3 heteroatoms. The zero-order valence-corrected chi connectivity index (χ0v) is 12.0. The molecule has 0 aromatic heterocycles. The van der Waals surface area contributed by atoms with Gasteiger partial charge in [0.15, 0.2) is 0 Å². The van der Waals surface area contributed by atoms with E-state index in [0.717, 1.165) is 21.6 Å². The second kappa shape index (κ2) is 5.68. The number of benzene rings is 2. The number of rotatable bonds is 3. The first kappa shape index (κ1) is 13.3. The van der Waals surface area contributed by atoms with Crippen LogP contribution in [0.4, 0.5) is 0 Å². The van der Waals surface area contributed by atoms with Gasteiger partial charge >= 0.3 is 0 Å². The lowest BCUT2D eigenvalue weighted by Gasteiger charge is -2.05. The maximum atomic E-state index is 12.3. The third-order valence-corrected chi connectivity index (χ3v) is 4.28. The molecule has 94 valence electrons. The molecular weight excluding hydrogens is 264 g/mol. The highest BCUT2D eigenvalue weighted by molar-refractivity contribution is 7.84. The zero-order chi connectivity index (χ0) is 13.1. The lowest BCUT2D eigenvalue weighted by molar-refractivity contribution is 0.682. The summed E-state index contributed by atoms with van der Waals surface area (Å²) in [6.45, 7) is 4.05. The average molecular weight is 279 g/mol. The van der Waals surface area contributed by atoms with Gasteiger partial charge in [0.2, 0.25) is 0 Å². The van der Waals surface area contributed by atoms with Gasteiger partial charge in [-0.3, -0.25) is 4.21 Å². The van der Waals surface area contributed by atoms with E-state index >= 15 is 0 Å². The van der Waals surface area contributed by atoms with Gasteiger partial charge in [0, 0.05) is 9.92 Å². The molecule has 0 aliphatic carbocycles. The third kappa shape index (κ3) is 3.44. The van der Waals surface area contributed by atoms with E-state index in [-0.39, 0.29) is 0 Å². The summed E-state index contributed by atoms with van der Waals surface area (Å²) in [6, 6.07) is 13.6. The van der Waals surface area contributed by atoms with E-state index in [0.29, 0.717) is 10.8 Å². The van der Waals surface area contributed by atoms with E-state index in [1.165, 1.54) is 0 Å². The van der Waals surface area contributed by atoms with Crippen molar-refractivity contribution in [2.24, 2.45) is 0 Å². The Hall–Kier alpha value is -1.12. The Morgan fingerprint density at radius 2 is 1.56 bits per heavy atom. The lowest BCUT2D eigenvalue weighted by atomic mass is 10.2. The zero-order valence-electron chi connectivity index (χ0n) is 10.4. The minimum Gasteiger partial charge on any atom is -0.254 e. The van der Waals surface area contributed by atoms with Crippen molar-refractivity contribution < 1.29 is 4.21 Å². The number of hydrogen-bond acceptors (Lipinski definition) is 1. The van der Waals surface area contributed by atoms with Gasteiger partial charge in [0.05, 0.1) is 16.6 Å². The molecule has 0 heterocycles. The van der Waals surface area contributed by atoms with Crippen LogP contribution in [0.25, 0.3) is 0 Å². The highest BCUT2D eigenvalue weighted by Gasteiger charge is 2.06. The van der Waals surface area contributed by atoms with E-state index in [1.54, 1.807) is 0 Å². The summed E-state index contributed by atoms with van der Waals surface area (Å²) in [7, 11) is -1.00.